The van der Waals surface area contributed by atoms with Crippen LogP contribution in [-0.2, 0) is 11.3 Å². The van der Waals surface area contributed by atoms with Gasteiger partial charge in [-0.15, -0.1) is 11.3 Å². The van der Waals surface area contributed by atoms with E-state index in [1.54, 1.807) is 11.4 Å². The molecule has 1 saturated heterocycles. The number of hydrogen-bond acceptors (Lipinski definition) is 5. The molecule has 156 valence electrons. The van der Waals surface area contributed by atoms with Crippen molar-refractivity contribution >= 4 is 28.2 Å². The molecular formula is C22H30N4O2S. The standard InChI is InChI=1S/C22H30N4O2S/c1-15(2)18-6-4-17(5-7-18)14-25-9-11-26(12-10-25)16(3)21(28)24-22-19(20(23)27)8-13-29-22/h4-8,13,15-16H,9-12,14H2,1-3H3,(H2,23,27)(H,24,28). The summed E-state index contributed by atoms with van der Waals surface area (Å²) in [6, 6.07) is 10.2. The maximum Gasteiger partial charge on any atom is 0.251 e. The molecule has 29 heavy (non-hydrogen) atoms. The van der Waals surface area contributed by atoms with Crippen LogP contribution in [-0.4, -0.2) is 53.8 Å². The van der Waals surface area contributed by atoms with Crippen molar-refractivity contribution in [2.45, 2.75) is 39.3 Å². The summed E-state index contributed by atoms with van der Waals surface area (Å²) >= 11 is 1.31. The molecule has 1 aliphatic rings. The minimum absolute atomic E-state index is 0.104. The monoisotopic (exact) mass is 414 g/mol. The first-order chi connectivity index (χ1) is 13.8. The third-order valence-corrected chi connectivity index (χ3v) is 6.38. The van der Waals surface area contributed by atoms with Gasteiger partial charge in [0.15, 0.2) is 0 Å². The maximum atomic E-state index is 12.6. The van der Waals surface area contributed by atoms with Crippen LogP contribution >= 0.6 is 11.3 Å². The van der Waals surface area contributed by atoms with Gasteiger partial charge in [0, 0.05) is 32.7 Å². The molecule has 1 atom stereocenters. The van der Waals surface area contributed by atoms with Crippen LogP contribution in [0.15, 0.2) is 35.7 Å². The number of piperazine rings is 1. The van der Waals surface area contributed by atoms with Crippen molar-refractivity contribution in [3.05, 3.63) is 52.4 Å². The van der Waals surface area contributed by atoms with Crippen molar-refractivity contribution in [1.29, 1.82) is 0 Å². The molecule has 3 rings (SSSR count). The van der Waals surface area contributed by atoms with Gasteiger partial charge in [0.25, 0.3) is 5.91 Å². The van der Waals surface area contributed by atoms with Crippen LogP contribution in [0.25, 0.3) is 0 Å². The summed E-state index contributed by atoms with van der Waals surface area (Å²) in [4.78, 5) is 28.7. The topological polar surface area (TPSA) is 78.7 Å². The van der Waals surface area contributed by atoms with Crippen LogP contribution in [0.3, 0.4) is 0 Å². The maximum absolute atomic E-state index is 12.6. The van der Waals surface area contributed by atoms with Crippen LogP contribution in [0.1, 0.15) is 48.2 Å². The number of hydrogen-bond donors (Lipinski definition) is 2. The summed E-state index contributed by atoms with van der Waals surface area (Å²) < 4.78 is 0. The Hall–Kier alpha value is -2.22. The van der Waals surface area contributed by atoms with Gasteiger partial charge in [0.2, 0.25) is 5.91 Å². The molecule has 0 saturated carbocycles. The molecule has 1 fully saturated rings. The predicted molar refractivity (Wildman–Crippen MR) is 118 cm³/mol. The molecule has 7 heteroatoms. The van der Waals surface area contributed by atoms with E-state index < -0.39 is 5.91 Å². The Bertz CT molecular complexity index is 839. The van der Waals surface area contributed by atoms with Crippen molar-refractivity contribution in [3.8, 4) is 0 Å². The van der Waals surface area contributed by atoms with Crippen molar-refractivity contribution in [3.63, 3.8) is 0 Å². The molecular weight excluding hydrogens is 384 g/mol. The first-order valence-electron chi connectivity index (χ1n) is 10.1. The zero-order chi connectivity index (χ0) is 21.0. The van der Waals surface area contributed by atoms with Crippen molar-refractivity contribution in [1.82, 2.24) is 9.80 Å². The number of anilines is 1. The molecule has 6 nitrogen and oxygen atoms in total. The van der Waals surface area contributed by atoms with E-state index in [9.17, 15) is 9.59 Å². The zero-order valence-corrected chi connectivity index (χ0v) is 18.2. The molecule has 2 aromatic rings. The van der Waals surface area contributed by atoms with Gasteiger partial charge in [-0.1, -0.05) is 38.1 Å². The zero-order valence-electron chi connectivity index (χ0n) is 17.4. The molecule has 2 amide bonds. The fraction of sp³-hybridized carbons (Fsp3) is 0.455. The summed E-state index contributed by atoms with van der Waals surface area (Å²) in [5.74, 6) is -0.0784. The average Bonchev–Trinajstić information content (AvgIpc) is 3.17. The highest BCUT2D eigenvalue weighted by Crippen LogP contribution is 2.23. The van der Waals surface area contributed by atoms with E-state index in [0.717, 1.165) is 32.7 Å². The van der Waals surface area contributed by atoms with E-state index in [1.807, 2.05) is 6.92 Å². The number of benzene rings is 1. The van der Waals surface area contributed by atoms with Gasteiger partial charge < -0.3 is 11.1 Å². The Kier molecular flexibility index (Phi) is 7.05. The predicted octanol–water partition coefficient (Wildman–Crippen LogP) is 3.12. The van der Waals surface area contributed by atoms with E-state index in [1.165, 1.54) is 22.5 Å². The molecule has 1 aliphatic heterocycles. The third kappa shape index (κ3) is 5.44. The number of nitrogens with zero attached hydrogens (tertiary/aromatic N) is 2. The van der Waals surface area contributed by atoms with Gasteiger partial charge >= 0.3 is 0 Å². The molecule has 1 unspecified atom stereocenters. The van der Waals surface area contributed by atoms with E-state index in [0.29, 0.717) is 16.5 Å². The van der Waals surface area contributed by atoms with Gasteiger partial charge in [0.05, 0.1) is 11.6 Å². The second-order valence-electron chi connectivity index (χ2n) is 7.90. The summed E-state index contributed by atoms with van der Waals surface area (Å²) in [5, 5.41) is 5.14. The number of thiophene rings is 1. The number of carbonyl (C=O) groups is 2. The van der Waals surface area contributed by atoms with Gasteiger partial charge in [0.1, 0.15) is 5.00 Å². The van der Waals surface area contributed by atoms with Crippen LogP contribution in [0.4, 0.5) is 5.00 Å². The van der Waals surface area contributed by atoms with Crippen molar-refractivity contribution in [2.24, 2.45) is 5.73 Å². The highest BCUT2D eigenvalue weighted by atomic mass is 32.1. The van der Waals surface area contributed by atoms with E-state index in [2.05, 4.69) is 53.2 Å². The first kappa shape index (κ1) is 21.5. The average molecular weight is 415 g/mol. The molecule has 0 bridgehead atoms. The Morgan fingerprint density at radius 3 is 2.31 bits per heavy atom. The molecule has 1 aromatic carbocycles. The Morgan fingerprint density at radius 1 is 1.07 bits per heavy atom. The second kappa shape index (κ2) is 9.52. The first-order valence-corrected chi connectivity index (χ1v) is 11.0. The molecule has 0 spiro atoms. The summed E-state index contributed by atoms with van der Waals surface area (Å²) in [6.45, 7) is 10.8. The van der Waals surface area contributed by atoms with E-state index in [-0.39, 0.29) is 11.9 Å². The Balaban J connectivity index is 1.49. The van der Waals surface area contributed by atoms with Gasteiger partial charge in [-0.05, 0) is 35.4 Å². The largest absolute Gasteiger partial charge is 0.366 e. The third-order valence-electron chi connectivity index (χ3n) is 5.55. The summed E-state index contributed by atoms with van der Waals surface area (Å²) in [6.07, 6.45) is 0. The highest BCUT2D eigenvalue weighted by molar-refractivity contribution is 7.14. The lowest BCUT2D eigenvalue weighted by molar-refractivity contribution is -0.121. The SMILES string of the molecule is CC(C)c1ccc(CN2CCN(C(C)C(=O)Nc3sccc3C(N)=O)CC2)cc1. The van der Waals surface area contributed by atoms with Crippen LogP contribution in [0.2, 0.25) is 0 Å². The van der Waals surface area contributed by atoms with Crippen molar-refractivity contribution in [2.75, 3.05) is 31.5 Å². The van der Waals surface area contributed by atoms with Gasteiger partial charge in [-0.3, -0.25) is 19.4 Å². The minimum Gasteiger partial charge on any atom is -0.366 e. The van der Waals surface area contributed by atoms with Crippen LogP contribution in [0.5, 0.6) is 0 Å². The number of primary amides is 1. The number of nitrogens with two attached hydrogens (primary N) is 1. The highest BCUT2D eigenvalue weighted by Gasteiger charge is 2.26. The number of carbonyl (C=O) groups excluding carboxylic acids is 2. The smallest absolute Gasteiger partial charge is 0.251 e. The number of rotatable bonds is 7. The normalized spacial score (nSPS) is 16.7. The molecule has 0 aliphatic carbocycles. The summed E-state index contributed by atoms with van der Waals surface area (Å²) in [5.41, 5.74) is 8.41. The Labute approximate surface area is 176 Å². The van der Waals surface area contributed by atoms with Gasteiger partial charge in [-0.25, -0.2) is 0 Å². The quantitative estimate of drug-likeness (QED) is 0.730. The Morgan fingerprint density at radius 2 is 1.72 bits per heavy atom. The van der Waals surface area contributed by atoms with Gasteiger partial charge in [-0.2, -0.15) is 0 Å². The van der Waals surface area contributed by atoms with Crippen LogP contribution < -0.4 is 11.1 Å². The second-order valence-corrected chi connectivity index (χ2v) is 8.82. The van der Waals surface area contributed by atoms with Crippen molar-refractivity contribution < 1.29 is 9.59 Å². The lowest BCUT2D eigenvalue weighted by Crippen LogP contribution is -2.52. The lowest BCUT2D eigenvalue weighted by atomic mass is 10.0. The van der Waals surface area contributed by atoms with E-state index in [4.69, 9.17) is 5.73 Å². The molecule has 0 radical (unpaired) electrons. The van der Waals surface area contributed by atoms with E-state index >= 15 is 0 Å². The minimum atomic E-state index is -0.524. The number of nitrogens with one attached hydrogen (secondary N) is 1. The lowest BCUT2D eigenvalue weighted by Gasteiger charge is -2.37. The number of amides is 2. The fourth-order valence-electron chi connectivity index (χ4n) is 3.56. The van der Waals surface area contributed by atoms with Crippen LogP contribution in [0, 0.1) is 0 Å². The fourth-order valence-corrected chi connectivity index (χ4v) is 4.35. The molecule has 2 heterocycles. The molecule has 1 aromatic heterocycles. The molecule has 3 N–H and O–H groups in total. The summed E-state index contributed by atoms with van der Waals surface area (Å²) in [7, 11) is 0.